The Balaban J connectivity index is 1.84. The Morgan fingerprint density at radius 3 is 2.36 bits per heavy atom. The van der Waals surface area contributed by atoms with E-state index in [1.165, 1.54) is 4.90 Å². The summed E-state index contributed by atoms with van der Waals surface area (Å²) >= 11 is 0. The molecule has 0 saturated heterocycles. The summed E-state index contributed by atoms with van der Waals surface area (Å²) < 4.78 is 11.0. The number of ether oxygens (including phenoxy) is 1. The molecular formula is C24H32N4O5. The fraction of sp³-hybridized carbons (Fsp3) is 0.542. The first-order valence-corrected chi connectivity index (χ1v) is 11.2. The average molecular weight is 457 g/mol. The molecule has 9 heteroatoms. The summed E-state index contributed by atoms with van der Waals surface area (Å²) in [7, 11) is 0. The second kappa shape index (κ2) is 9.33. The second-order valence-corrected chi connectivity index (χ2v) is 9.91. The van der Waals surface area contributed by atoms with Gasteiger partial charge in [-0.2, -0.15) is 0 Å². The van der Waals surface area contributed by atoms with Crippen LogP contribution in [0.25, 0.3) is 0 Å². The van der Waals surface area contributed by atoms with E-state index in [-0.39, 0.29) is 17.9 Å². The Bertz CT molecular complexity index is 1040. The summed E-state index contributed by atoms with van der Waals surface area (Å²) in [5.74, 6) is -0.966. The van der Waals surface area contributed by atoms with Gasteiger partial charge in [0, 0.05) is 11.8 Å². The molecule has 1 aliphatic heterocycles. The molecule has 2 amide bonds. The number of carbonyl (C=O) groups excluding carboxylic acids is 3. The maximum atomic E-state index is 13.4. The van der Waals surface area contributed by atoms with Crippen molar-refractivity contribution in [2.75, 3.05) is 4.90 Å². The molecule has 178 valence electrons. The van der Waals surface area contributed by atoms with Crippen LogP contribution in [0.4, 0.5) is 10.5 Å². The predicted octanol–water partition coefficient (Wildman–Crippen LogP) is 3.67. The topological polar surface area (TPSA) is 115 Å². The SMILES string of the molecule is CC(C)OC(=O)N1c2ccccc2C[C@H]1C(=O)N[C@H](C(=O)c1nnc(C(C)(C)C)o1)C(C)C. The van der Waals surface area contributed by atoms with Crippen LogP contribution in [-0.4, -0.2) is 46.2 Å². The number of nitrogens with one attached hydrogen (secondary N) is 1. The van der Waals surface area contributed by atoms with Crippen molar-refractivity contribution in [1.82, 2.24) is 15.5 Å². The maximum Gasteiger partial charge on any atom is 0.415 e. The summed E-state index contributed by atoms with van der Waals surface area (Å²) in [4.78, 5) is 40.7. The molecule has 1 aromatic heterocycles. The third kappa shape index (κ3) is 5.23. The number of Topliss-reactive ketones (excluding diaryl/α,β-unsaturated/α-hetero) is 1. The highest BCUT2D eigenvalue weighted by molar-refractivity contribution is 6.03. The van der Waals surface area contributed by atoms with E-state index < -0.39 is 35.3 Å². The first-order chi connectivity index (χ1) is 15.4. The van der Waals surface area contributed by atoms with Crippen molar-refractivity contribution in [3.8, 4) is 0 Å². The first-order valence-electron chi connectivity index (χ1n) is 11.2. The fourth-order valence-electron chi connectivity index (χ4n) is 3.62. The zero-order valence-electron chi connectivity index (χ0n) is 20.2. The molecule has 0 aliphatic carbocycles. The van der Waals surface area contributed by atoms with Gasteiger partial charge in [0.05, 0.1) is 17.8 Å². The van der Waals surface area contributed by atoms with Gasteiger partial charge in [-0.25, -0.2) is 4.79 Å². The van der Waals surface area contributed by atoms with Crippen molar-refractivity contribution in [2.45, 2.75) is 78.5 Å². The highest BCUT2D eigenvalue weighted by Crippen LogP contribution is 2.33. The zero-order valence-corrected chi connectivity index (χ0v) is 20.2. The number of anilines is 1. The Labute approximate surface area is 193 Å². The number of fused-ring (bicyclic) bond motifs is 1. The first kappa shape index (κ1) is 24.4. The number of hydrogen-bond acceptors (Lipinski definition) is 7. The standard InChI is InChI=1S/C24H32N4O5/c1-13(2)18(19(29)21-26-27-22(33-21)24(5,6)7)25-20(30)17-12-15-10-8-9-11-16(15)28(17)23(31)32-14(3)4/h8-11,13-14,17-18H,12H2,1-7H3,(H,25,30)/t17-,18-/m0/s1. The van der Waals surface area contributed by atoms with Gasteiger partial charge < -0.3 is 14.5 Å². The number of amides is 2. The highest BCUT2D eigenvalue weighted by Gasteiger charge is 2.41. The Kier molecular flexibility index (Phi) is 6.90. The number of benzene rings is 1. The molecule has 0 radical (unpaired) electrons. The van der Waals surface area contributed by atoms with Gasteiger partial charge in [0.25, 0.3) is 5.89 Å². The van der Waals surface area contributed by atoms with Gasteiger partial charge >= 0.3 is 6.09 Å². The number of nitrogens with zero attached hydrogens (tertiary/aromatic N) is 3. The van der Waals surface area contributed by atoms with E-state index in [0.717, 1.165) is 5.56 Å². The zero-order chi connectivity index (χ0) is 24.5. The number of ketones is 1. The van der Waals surface area contributed by atoms with Crippen LogP contribution >= 0.6 is 0 Å². The molecule has 9 nitrogen and oxygen atoms in total. The lowest BCUT2D eigenvalue weighted by molar-refractivity contribution is -0.123. The van der Waals surface area contributed by atoms with E-state index in [0.29, 0.717) is 18.0 Å². The van der Waals surface area contributed by atoms with Crippen molar-refractivity contribution < 1.29 is 23.5 Å². The lowest BCUT2D eigenvalue weighted by atomic mass is 9.97. The second-order valence-electron chi connectivity index (χ2n) is 9.91. The van der Waals surface area contributed by atoms with Gasteiger partial charge in [0.2, 0.25) is 17.6 Å². The minimum Gasteiger partial charge on any atom is -0.446 e. The van der Waals surface area contributed by atoms with Gasteiger partial charge in [0.15, 0.2) is 0 Å². The Hall–Kier alpha value is -3.23. The smallest absolute Gasteiger partial charge is 0.415 e. The molecule has 2 atom stereocenters. The van der Waals surface area contributed by atoms with Gasteiger partial charge in [0.1, 0.15) is 6.04 Å². The van der Waals surface area contributed by atoms with Gasteiger partial charge in [-0.3, -0.25) is 14.5 Å². The summed E-state index contributed by atoms with van der Waals surface area (Å²) in [5.41, 5.74) is 1.08. The lowest BCUT2D eigenvalue weighted by Crippen LogP contribution is -2.54. The number of rotatable bonds is 6. The quantitative estimate of drug-likeness (QED) is 0.660. The van der Waals surface area contributed by atoms with Gasteiger partial charge in [-0.05, 0) is 31.4 Å². The molecule has 0 spiro atoms. The van der Waals surface area contributed by atoms with E-state index in [1.54, 1.807) is 26.0 Å². The monoisotopic (exact) mass is 456 g/mol. The van der Waals surface area contributed by atoms with Crippen molar-refractivity contribution in [1.29, 1.82) is 0 Å². The van der Waals surface area contributed by atoms with Crippen molar-refractivity contribution in [2.24, 2.45) is 5.92 Å². The molecule has 1 N–H and O–H groups in total. The minimum absolute atomic E-state index is 0.148. The third-order valence-corrected chi connectivity index (χ3v) is 5.34. The van der Waals surface area contributed by atoms with Crippen LogP contribution in [0.5, 0.6) is 0 Å². The molecule has 0 bridgehead atoms. The molecule has 0 unspecified atom stereocenters. The molecule has 0 fully saturated rings. The number of para-hydroxylation sites is 1. The molecule has 2 heterocycles. The maximum absolute atomic E-state index is 13.4. The predicted molar refractivity (Wildman–Crippen MR) is 122 cm³/mol. The third-order valence-electron chi connectivity index (χ3n) is 5.34. The number of aromatic nitrogens is 2. The van der Waals surface area contributed by atoms with E-state index in [4.69, 9.17) is 9.15 Å². The van der Waals surface area contributed by atoms with E-state index in [9.17, 15) is 14.4 Å². The van der Waals surface area contributed by atoms with E-state index >= 15 is 0 Å². The van der Waals surface area contributed by atoms with Crippen LogP contribution in [0.1, 0.15) is 70.6 Å². The molecule has 3 rings (SSSR count). The molecule has 0 saturated carbocycles. The van der Waals surface area contributed by atoms with Crippen molar-refractivity contribution in [3.63, 3.8) is 0 Å². The van der Waals surface area contributed by atoms with Gasteiger partial charge in [-0.1, -0.05) is 52.8 Å². The minimum atomic E-state index is -0.891. The molecule has 1 aliphatic rings. The van der Waals surface area contributed by atoms with Crippen LogP contribution in [-0.2, 0) is 21.4 Å². The van der Waals surface area contributed by atoms with Crippen LogP contribution in [0.2, 0.25) is 0 Å². The summed E-state index contributed by atoms with van der Waals surface area (Å²) in [6.07, 6.45) is -0.620. The average Bonchev–Trinajstić information content (AvgIpc) is 3.35. The van der Waals surface area contributed by atoms with E-state index in [2.05, 4.69) is 15.5 Å². The van der Waals surface area contributed by atoms with Gasteiger partial charge in [-0.15, -0.1) is 10.2 Å². The number of hydrogen-bond donors (Lipinski definition) is 1. The van der Waals surface area contributed by atoms with Crippen LogP contribution in [0, 0.1) is 5.92 Å². The fourth-order valence-corrected chi connectivity index (χ4v) is 3.62. The molecule has 1 aromatic carbocycles. The molecular weight excluding hydrogens is 424 g/mol. The van der Waals surface area contributed by atoms with Crippen LogP contribution in [0.15, 0.2) is 28.7 Å². The largest absolute Gasteiger partial charge is 0.446 e. The van der Waals surface area contributed by atoms with Crippen molar-refractivity contribution >= 4 is 23.5 Å². The summed E-state index contributed by atoms with van der Waals surface area (Å²) in [6.45, 7) is 12.8. The molecule has 2 aromatic rings. The normalized spacial score (nSPS) is 16.6. The molecule has 33 heavy (non-hydrogen) atoms. The summed E-state index contributed by atoms with van der Waals surface area (Å²) in [6, 6.07) is 5.58. The van der Waals surface area contributed by atoms with Crippen LogP contribution in [0.3, 0.4) is 0 Å². The Morgan fingerprint density at radius 2 is 1.79 bits per heavy atom. The van der Waals surface area contributed by atoms with Crippen molar-refractivity contribution in [3.05, 3.63) is 41.6 Å². The lowest BCUT2D eigenvalue weighted by Gasteiger charge is -2.27. The highest BCUT2D eigenvalue weighted by atomic mass is 16.6. The van der Waals surface area contributed by atoms with E-state index in [1.807, 2.05) is 46.8 Å². The van der Waals surface area contributed by atoms with Crippen LogP contribution < -0.4 is 10.2 Å². The Morgan fingerprint density at radius 1 is 1.12 bits per heavy atom. The number of carbonyl (C=O) groups is 3. The summed E-state index contributed by atoms with van der Waals surface area (Å²) in [5, 5.41) is 10.7.